The zero-order valence-electron chi connectivity index (χ0n) is 11.9. The van der Waals surface area contributed by atoms with E-state index in [-0.39, 0.29) is 11.5 Å². The lowest BCUT2D eigenvalue weighted by molar-refractivity contribution is 0.0755. The molecule has 1 amide bonds. The van der Waals surface area contributed by atoms with Crippen LogP contribution in [-0.2, 0) is 13.0 Å². The van der Waals surface area contributed by atoms with E-state index in [1.54, 1.807) is 18.1 Å². The predicted molar refractivity (Wildman–Crippen MR) is 75.2 cm³/mol. The SMILES string of the molecule is CN(C[C@H]1CCc2nccn2C1)C(=O)c1ccncc1F. The van der Waals surface area contributed by atoms with Crippen LogP contribution in [0.25, 0.3) is 0 Å². The zero-order valence-corrected chi connectivity index (χ0v) is 11.9. The van der Waals surface area contributed by atoms with E-state index in [0.717, 1.165) is 31.4 Å². The van der Waals surface area contributed by atoms with Gasteiger partial charge in [0.2, 0.25) is 0 Å². The molecular formula is C15H17FN4O. The molecule has 2 aromatic heterocycles. The second-order valence-electron chi connectivity index (χ2n) is 5.44. The maximum absolute atomic E-state index is 13.6. The summed E-state index contributed by atoms with van der Waals surface area (Å²) in [5.74, 6) is 0.590. The maximum atomic E-state index is 13.6. The van der Waals surface area contributed by atoms with Gasteiger partial charge in [0.05, 0.1) is 11.8 Å². The van der Waals surface area contributed by atoms with Gasteiger partial charge in [-0.1, -0.05) is 0 Å². The molecule has 0 bridgehead atoms. The molecule has 3 rings (SSSR count). The second-order valence-corrected chi connectivity index (χ2v) is 5.44. The molecule has 0 saturated heterocycles. The highest BCUT2D eigenvalue weighted by Gasteiger charge is 2.23. The average Bonchev–Trinajstić information content (AvgIpc) is 2.94. The number of aromatic nitrogens is 3. The van der Waals surface area contributed by atoms with Crippen molar-refractivity contribution in [3.63, 3.8) is 0 Å². The van der Waals surface area contributed by atoms with Crippen molar-refractivity contribution in [1.29, 1.82) is 0 Å². The molecule has 1 atom stereocenters. The summed E-state index contributed by atoms with van der Waals surface area (Å²) < 4.78 is 15.7. The Morgan fingerprint density at radius 1 is 1.52 bits per heavy atom. The van der Waals surface area contributed by atoms with E-state index in [2.05, 4.69) is 14.5 Å². The minimum atomic E-state index is -0.574. The van der Waals surface area contributed by atoms with Gasteiger partial charge in [0, 0.05) is 45.1 Å². The molecule has 0 saturated carbocycles. The quantitative estimate of drug-likeness (QED) is 0.864. The van der Waals surface area contributed by atoms with E-state index in [0.29, 0.717) is 12.5 Å². The fourth-order valence-electron chi connectivity index (χ4n) is 2.81. The molecule has 110 valence electrons. The van der Waals surface area contributed by atoms with Gasteiger partial charge in [0.15, 0.2) is 5.82 Å². The van der Waals surface area contributed by atoms with Crippen molar-refractivity contribution >= 4 is 5.91 Å². The van der Waals surface area contributed by atoms with Gasteiger partial charge in [0.1, 0.15) is 5.82 Å². The Kier molecular flexibility index (Phi) is 3.68. The largest absolute Gasteiger partial charge is 0.341 e. The Labute approximate surface area is 122 Å². The first-order valence-electron chi connectivity index (χ1n) is 7.00. The average molecular weight is 288 g/mol. The van der Waals surface area contributed by atoms with Crippen molar-refractivity contribution in [3.05, 3.63) is 48.1 Å². The van der Waals surface area contributed by atoms with Crippen LogP contribution >= 0.6 is 0 Å². The number of carbonyl (C=O) groups excluding carboxylic acids is 1. The van der Waals surface area contributed by atoms with E-state index in [1.807, 2.05) is 6.20 Å². The van der Waals surface area contributed by atoms with Crippen LogP contribution in [0.15, 0.2) is 30.9 Å². The van der Waals surface area contributed by atoms with Crippen LogP contribution in [0.3, 0.4) is 0 Å². The summed E-state index contributed by atoms with van der Waals surface area (Å²) in [5.41, 5.74) is 0.0756. The van der Waals surface area contributed by atoms with Crippen LogP contribution < -0.4 is 0 Å². The number of rotatable bonds is 3. The highest BCUT2D eigenvalue weighted by Crippen LogP contribution is 2.20. The third-order valence-electron chi connectivity index (χ3n) is 3.91. The third-order valence-corrected chi connectivity index (χ3v) is 3.91. The number of amides is 1. The summed E-state index contributed by atoms with van der Waals surface area (Å²) in [6.45, 7) is 1.46. The maximum Gasteiger partial charge on any atom is 0.256 e. The van der Waals surface area contributed by atoms with Gasteiger partial charge in [-0.05, 0) is 18.4 Å². The number of fused-ring (bicyclic) bond motifs is 1. The molecule has 0 N–H and O–H groups in total. The molecule has 3 heterocycles. The van der Waals surface area contributed by atoms with Crippen LogP contribution in [0.2, 0.25) is 0 Å². The topological polar surface area (TPSA) is 51.0 Å². The number of hydrogen-bond acceptors (Lipinski definition) is 3. The number of pyridine rings is 1. The smallest absolute Gasteiger partial charge is 0.256 e. The van der Waals surface area contributed by atoms with Crippen molar-refractivity contribution in [1.82, 2.24) is 19.4 Å². The van der Waals surface area contributed by atoms with Crippen LogP contribution in [-0.4, -0.2) is 38.9 Å². The lowest BCUT2D eigenvalue weighted by Gasteiger charge is -2.28. The van der Waals surface area contributed by atoms with Gasteiger partial charge in [-0.3, -0.25) is 9.78 Å². The number of halogens is 1. The highest BCUT2D eigenvalue weighted by atomic mass is 19.1. The van der Waals surface area contributed by atoms with E-state index in [4.69, 9.17) is 0 Å². The van der Waals surface area contributed by atoms with Crippen LogP contribution in [0.1, 0.15) is 22.6 Å². The highest BCUT2D eigenvalue weighted by molar-refractivity contribution is 5.94. The summed E-state index contributed by atoms with van der Waals surface area (Å²) in [5, 5.41) is 0. The first-order chi connectivity index (χ1) is 10.1. The second kappa shape index (κ2) is 5.63. The summed E-state index contributed by atoms with van der Waals surface area (Å²) in [4.78, 5) is 21.8. The van der Waals surface area contributed by atoms with Crippen LogP contribution in [0.5, 0.6) is 0 Å². The molecule has 1 aliphatic rings. The Balaban J connectivity index is 1.66. The normalized spacial score (nSPS) is 17.3. The van der Waals surface area contributed by atoms with Crippen molar-refractivity contribution in [2.45, 2.75) is 19.4 Å². The van der Waals surface area contributed by atoms with Gasteiger partial charge >= 0.3 is 0 Å². The van der Waals surface area contributed by atoms with Gasteiger partial charge in [-0.2, -0.15) is 0 Å². The Morgan fingerprint density at radius 3 is 3.19 bits per heavy atom. The molecular weight excluding hydrogens is 271 g/mol. The molecule has 0 aromatic carbocycles. The lowest BCUT2D eigenvalue weighted by atomic mass is 9.98. The van der Waals surface area contributed by atoms with Gasteiger partial charge in [0.25, 0.3) is 5.91 Å². The molecule has 5 nitrogen and oxygen atoms in total. The standard InChI is InChI=1S/C15H17FN4O/c1-19(15(21)12-4-5-17-8-13(12)16)9-11-2-3-14-18-6-7-20(14)10-11/h4-8,11H,2-3,9-10H2,1H3/t11-/m1/s1. The van der Waals surface area contributed by atoms with Crippen molar-refractivity contribution in [2.24, 2.45) is 5.92 Å². The van der Waals surface area contributed by atoms with E-state index in [1.165, 1.54) is 12.3 Å². The van der Waals surface area contributed by atoms with Crippen molar-refractivity contribution < 1.29 is 9.18 Å². The van der Waals surface area contributed by atoms with Gasteiger partial charge in [-0.15, -0.1) is 0 Å². The first kappa shape index (κ1) is 13.7. The Morgan fingerprint density at radius 2 is 2.38 bits per heavy atom. The monoisotopic (exact) mass is 288 g/mol. The van der Waals surface area contributed by atoms with Crippen LogP contribution in [0, 0.1) is 11.7 Å². The summed E-state index contributed by atoms with van der Waals surface area (Å²) in [7, 11) is 1.71. The Hall–Kier alpha value is -2.24. The van der Waals surface area contributed by atoms with Crippen molar-refractivity contribution in [3.8, 4) is 0 Å². The molecule has 1 aliphatic heterocycles. The van der Waals surface area contributed by atoms with Gasteiger partial charge in [-0.25, -0.2) is 9.37 Å². The molecule has 0 unspecified atom stereocenters. The predicted octanol–water partition coefficient (Wildman–Crippen LogP) is 1.75. The molecule has 0 radical (unpaired) electrons. The molecule has 0 fully saturated rings. The number of nitrogens with zero attached hydrogens (tertiary/aromatic N) is 4. The van der Waals surface area contributed by atoms with E-state index in [9.17, 15) is 9.18 Å². The number of imidazole rings is 1. The van der Waals surface area contributed by atoms with E-state index < -0.39 is 5.82 Å². The van der Waals surface area contributed by atoms with E-state index >= 15 is 0 Å². The van der Waals surface area contributed by atoms with Gasteiger partial charge < -0.3 is 9.47 Å². The number of carbonyl (C=O) groups is 1. The molecule has 0 spiro atoms. The molecule has 0 aliphatic carbocycles. The molecule has 21 heavy (non-hydrogen) atoms. The lowest BCUT2D eigenvalue weighted by Crippen LogP contribution is -2.35. The number of aryl methyl sites for hydroxylation is 1. The zero-order chi connectivity index (χ0) is 14.8. The molecule has 6 heteroatoms. The third kappa shape index (κ3) is 2.79. The summed E-state index contributed by atoms with van der Waals surface area (Å²) in [6, 6.07) is 1.42. The van der Waals surface area contributed by atoms with Crippen LogP contribution in [0.4, 0.5) is 4.39 Å². The Bertz CT molecular complexity index is 655. The summed E-state index contributed by atoms with van der Waals surface area (Å²) >= 11 is 0. The molecule has 2 aromatic rings. The minimum Gasteiger partial charge on any atom is -0.341 e. The fraction of sp³-hybridized carbons (Fsp3) is 0.400. The van der Waals surface area contributed by atoms with Crippen molar-refractivity contribution in [2.75, 3.05) is 13.6 Å². The number of hydrogen-bond donors (Lipinski definition) is 0. The minimum absolute atomic E-state index is 0.0756. The first-order valence-corrected chi connectivity index (χ1v) is 7.00. The summed E-state index contributed by atoms with van der Waals surface area (Å²) in [6.07, 6.45) is 8.18. The fourth-order valence-corrected chi connectivity index (χ4v) is 2.81.